The zero-order valence-electron chi connectivity index (χ0n) is 13.2. The zero-order valence-corrected chi connectivity index (χ0v) is 13.2. The zero-order chi connectivity index (χ0) is 14.6. The number of nitrogens with zero attached hydrogens (tertiary/aromatic N) is 2. The van der Waals surface area contributed by atoms with Crippen molar-refractivity contribution in [2.75, 3.05) is 6.61 Å². The third kappa shape index (κ3) is 4.05. The summed E-state index contributed by atoms with van der Waals surface area (Å²) in [5, 5.41) is 17.6. The Morgan fingerprint density at radius 1 is 1.26 bits per heavy atom. The van der Waals surface area contributed by atoms with Crippen molar-refractivity contribution in [3.63, 3.8) is 0 Å². The fraction of sp³-hybridized carbons (Fsp3) is 0.800. The van der Waals surface area contributed by atoms with Crippen molar-refractivity contribution in [2.45, 2.75) is 66.6 Å². The molecule has 1 heterocycles. The summed E-state index contributed by atoms with van der Waals surface area (Å²) in [6.07, 6.45) is 0.987. The molecule has 0 saturated heterocycles. The summed E-state index contributed by atoms with van der Waals surface area (Å²) >= 11 is 0. The molecule has 0 aliphatic heterocycles. The summed E-state index contributed by atoms with van der Waals surface area (Å²) in [6.45, 7) is 13.9. The molecule has 2 unspecified atom stereocenters. The minimum absolute atomic E-state index is 0.152. The molecule has 1 rings (SSSR count). The van der Waals surface area contributed by atoms with Crippen molar-refractivity contribution in [1.82, 2.24) is 15.1 Å². The highest BCUT2D eigenvalue weighted by atomic mass is 16.3. The molecule has 4 nitrogen and oxygen atoms in total. The molecule has 0 saturated carbocycles. The molecule has 2 N–H and O–H groups in total. The lowest BCUT2D eigenvalue weighted by atomic mass is 10.0. The van der Waals surface area contributed by atoms with Crippen LogP contribution in [0.2, 0.25) is 0 Å². The minimum atomic E-state index is 0.152. The van der Waals surface area contributed by atoms with Gasteiger partial charge in [0.25, 0.3) is 0 Å². The Bertz CT molecular complexity index is 398. The molecule has 0 aliphatic carbocycles. The van der Waals surface area contributed by atoms with E-state index in [4.69, 9.17) is 0 Å². The molecular weight excluding hydrogens is 238 g/mol. The van der Waals surface area contributed by atoms with Crippen LogP contribution in [0, 0.1) is 19.8 Å². The van der Waals surface area contributed by atoms with Gasteiger partial charge >= 0.3 is 0 Å². The summed E-state index contributed by atoms with van der Waals surface area (Å²) in [7, 11) is 0. The molecule has 0 radical (unpaired) electrons. The lowest BCUT2D eigenvalue weighted by Gasteiger charge is -2.23. The Morgan fingerprint density at radius 3 is 2.32 bits per heavy atom. The average Bonchev–Trinajstić information content (AvgIpc) is 2.62. The molecule has 2 atom stereocenters. The molecule has 0 fully saturated rings. The van der Waals surface area contributed by atoms with Crippen molar-refractivity contribution in [1.29, 1.82) is 0 Å². The van der Waals surface area contributed by atoms with Crippen LogP contribution in [0.25, 0.3) is 0 Å². The van der Waals surface area contributed by atoms with Crippen LogP contribution in [0.5, 0.6) is 0 Å². The van der Waals surface area contributed by atoms with E-state index in [0.29, 0.717) is 5.92 Å². The first-order chi connectivity index (χ1) is 8.90. The van der Waals surface area contributed by atoms with Gasteiger partial charge in [-0.15, -0.1) is 0 Å². The fourth-order valence-electron chi connectivity index (χ4n) is 2.85. The first-order valence-electron chi connectivity index (χ1n) is 7.31. The van der Waals surface area contributed by atoms with Crippen molar-refractivity contribution in [3.05, 3.63) is 17.0 Å². The number of aliphatic hydroxyl groups excluding tert-OH is 1. The van der Waals surface area contributed by atoms with Gasteiger partial charge in [0, 0.05) is 29.9 Å². The third-order valence-corrected chi connectivity index (χ3v) is 3.63. The van der Waals surface area contributed by atoms with Gasteiger partial charge in [-0.1, -0.05) is 13.8 Å². The quantitative estimate of drug-likeness (QED) is 0.798. The molecule has 19 heavy (non-hydrogen) atoms. The van der Waals surface area contributed by atoms with Gasteiger partial charge in [0.2, 0.25) is 0 Å². The second-order valence-electron chi connectivity index (χ2n) is 5.80. The molecule has 110 valence electrons. The molecule has 0 aromatic carbocycles. The average molecular weight is 267 g/mol. The van der Waals surface area contributed by atoms with Gasteiger partial charge in [-0.2, -0.15) is 5.10 Å². The second kappa shape index (κ2) is 7.06. The van der Waals surface area contributed by atoms with E-state index in [2.05, 4.69) is 52.0 Å². The Hall–Kier alpha value is -0.870. The number of aryl methyl sites for hydroxylation is 2. The number of hydrogen-bond acceptors (Lipinski definition) is 3. The SMILES string of the molecule is CCn1nc(C)c(C(C)NC(CO)CC(C)C)c1C. The van der Waals surface area contributed by atoms with Crippen molar-refractivity contribution < 1.29 is 5.11 Å². The number of hydrogen-bond donors (Lipinski definition) is 2. The van der Waals surface area contributed by atoms with Crippen LogP contribution in [0.4, 0.5) is 0 Å². The Morgan fingerprint density at radius 2 is 1.89 bits per heavy atom. The standard InChI is InChI=1S/C15H29N3O/c1-7-18-13(6)15(12(5)17-18)11(4)16-14(9-19)8-10(2)3/h10-11,14,16,19H,7-9H2,1-6H3. The normalized spacial score (nSPS) is 14.9. The molecule has 0 bridgehead atoms. The highest BCUT2D eigenvalue weighted by Gasteiger charge is 2.20. The van der Waals surface area contributed by atoms with Crippen molar-refractivity contribution in [2.24, 2.45) is 5.92 Å². The van der Waals surface area contributed by atoms with Crippen molar-refractivity contribution >= 4 is 0 Å². The third-order valence-electron chi connectivity index (χ3n) is 3.63. The Balaban J connectivity index is 2.82. The maximum absolute atomic E-state index is 9.48. The molecule has 1 aromatic heterocycles. The number of aliphatic hydroxyl groups is 1. The Kier molecular flexibility index (Phi) is 6.01. The van der Waals surface area contributed by atoms with Gasteiger partial charge in [-0.3, -0.25) is 4.68 Å². The lowest BCUT2D eigenvalue weighted by molar-refractivity contribution is 0.215. The summed E-state index contributed by atoms with van der Waals surface area (Å²) in [4.78, 5) is 0. The van der Waals surface area contributed by atoms with Crippen LogP contribution in [-0.2, 0) is 6.54 Å². The molecule has 0 aliphatic rings. The first-order valence-corrected chi connectivity index (χ1v) is 7.31. The summed E-state index contributed by atoms with van der Waals surface area (Å²) in [6, 6.07) is 0.370. The highest BCUT2D eigenvalue weighted by molar-refractivity contribution is 5.27. The topological polar surface area (TPSA) is 50.1 Å². The lowest BCUT2D eigenvalue weighted by Crippen LogP contribution is -2.36. The minimum Gasteiger partial charge on any atom is -0.395 e. The van der Waals surface area contributed by atoms with E-state index in [1.165, 1.54) is 11.3 Å². The van der Waals surface area contributed by atoms with Gasteiger partial charge in [0.15, 0.2) is 0 Å². The van der Waals surface area contributed by atoms with E-state index in [-0.39, 0.29) is 18.7 Å². The fourth-order valence-corrected chi connectivity index (χ4v) is 2.85. The van der Waals surface area contributed by atoms with Gasteiger partial charge in [0.05, 0.1) is 12.3 Å². The smallest absolute Gasteiger partial charge is 0.0644 e. The summed E-state index contributed by atoms with van der Waals surface area (Å²) < 4.78 is 2.04. The summed E-state index contributed by atoms with van der Waals surface area (Å²) in [5.41, 5.74) is 3.57. The van der Waals surface area contributed by atoms with Crippen LogP contribution in [0.15, 0.2) is 0 Å². The van der Waals surface area contributed by atoms with E-state index in [0.717, 1.165) is 18.7 Å². The number of aromatic nitrogens is 2. The van der Waals surface area contributed by atoms with Gasteiger partial charge in [0.1, 0.15) is 0 Å². The van der Waals surface area contributed by atoms with Crippen LogP contribution in [-0.4, -0.2) is 27.5 Å². The maximum Gasteiger partial charge on any atom is 0.0644 e. The van der Waals surface area contributed by atoms with Gasteiger partial charge in [-0.05, 0) is 40.0 Å². The van der Waals surface area contributed by atoms with E-state index in [1.54, 1.807) is 0 Å². The Labute approximate surface area is 117 Å². The van der Waals surface area contributed by atoms with Crippen LogP contribution in [0.3, 0.4) is 0 Å². The first kappa shape index (κ1) is 16.2. The highest BCUT2D eigenvalue weighted by Crippen LogP contribution is 2.22. The van der Waals surface area contributed by atoms with E-state index >= 15 is 0 Å². The van der Waals surface area contributed by atoms with E-state index in [1.807, 2.05) is 4.68 Å². The molecular formula is C15H29N3O. The molecule has 1 aromatic rings. The van der Waals surface area contributed by atoms with Crippen LogP contribution >= 0.6 is 0 Å². The maximum atomic E-state index is 9.48. The van der Waals surface area contributed by atoms with E-state index in [9.17, 15) is 5.11 Å². The number of nitrogens with one attached hydrogen (secondary N) is 1. The van der Waals surface area contributed by atoms with Gasteiger partial charge < -0.3 is 10.4 Å². The molecule has 0 spiro atoms. The largest absolute Gasteiger partial charge is 0.395 e. The predicted octanol–water partition coefficient (Wildman–Crippen LogP) is 2.58. The number of rotatable bonds is 7. The van der Waals surface area contributed by atoms with E-state index < -0.39 is 0 Å². The molecule has 4 heteroatoms. The van der Waals surface area contributed by atoms with Gasteiger partial charge in [-0.25, -0.2) is 0 Å². The predicted molar refractivity (Wildman–Crippen MR) is 79.3 cm³/mol. The second-order valence-corrected chi connectivity index (χ2v) is 5.80. The monoisotopic (exact) mass is 267 g/mol. The summed E-state index contributed by atoms with van der Waals surface area (Å²) in [5.74, 6) is 0.581. The van der Waals surface area contributed by atoms with Crippen LogP contribution in [0.1, 0.15) is 57.1 Å². The molecule has 0 amide bonds. The van der Waals surface area contributed by atoms with Crippen LogP contribution < -0.4 is 5.32 Å². The van der Waals surface area contributed by atoms with Crippen molar-refractivity contribution in [3.8, 4) is 0 Å².